The quantitative estimate of drug-likeness (QED) is 0.785. The van der Waals surface area contributed by atoms with Gasteiger partial charge in [0.15, 0.2) is 0 Å². The minimum absolute atomic E-state index is 0.154. The number of amides is 3. The maximum Gasteiger partial charge on any atom is 0.319 e. The summed E-state index contributed by atoms with van der Waals surface area (Å²) in [5.74, 6) is 0.00401. The van der Waals surface area contributed by atoms with Crippen LogP contribution >= 0.6 is 11.3 Å². The van der Waals surface area contributed by atoms with Crippen LogP contribution in [0, 0.1) is 6.92 Å². The number of anilines is 2. The Morgan fingerprint density at radius 3 is 2.57 bits per heavy atom. The maximum absolute atomic E-state index is 12.0. The first-order valence-corrected chi connectivity index (χ1v) is 8.10. The van der Waals surface area contributed by atoms with Crippen molar-refractivity contribution in [2.24, 2.45) is 0 Å². The van der Waals surface area contributed by atoms with Crippen molar-refractivity contribution < 1.29 is 9.59 Å². The van der Waals surface area contributed by atoms with Gasteiger partial charge in [0.2, 0.25) is 5.91 Å². The Bertz CT molecular complexity index is 699. The molecule has 2 aromatic rings. The maximum atomic E-state index is 12.0. The number of benzene rings is 1. The normalized spacial score (nSPS) is 11.6. The molecule has 1 heterocycles. The van der Waals surface area contributed by atoms with Crippen LogP contribution in [0.4, 0.5) is 16.2 Å². The molecule has 1 atom stereocenters. The van der Waals surface area contributed by atoms with E-state index in [0.29, 0.717) is 17.9 Å². The lowest BCUT2D eigenvalue weighted by molar-refractivity contribution is -0.114. The van der Waals surface area contributed by atoms with Crippen LogP contribution in [-0.2, 0) is 4.79 Å². The SMILES string of the molecule is CC(=O)Nc1cccc(NC(=O)NC[C@H](C)c2ncc(C)s2)c1. The Kier molecular flexibility index (Phi) is 5.70. The highest BCUT2D eigenvalue weighted by molar-refractivity contribution is 7.11. The van der Waals surface area contributed by atoms with Crippen LogP contribution in [-0.4, -0.2) is 23.5 Å². The lowest BCUT2D eigenvalue weighted by Gasteiger charge is -2.12. The second-order valence-corrected chi connectivity index (χ2v) is 6.57. The summed E-state index contributed by atoms with van der Waals surface area (Å²) in [5, 5.41) is 9.26. The average Bonchev–Trinajstić information content (AvgIpc) is 2.91. The summed E-state index contributed by atoms with van der Waals surface area (Å²) in [6, 6.07) is 6.71. The van der Waals surface area contributed by atoms with Gasteiger partial charge >= 0.3 is 6.03 Å². The molecule has 1 aromatic carbocycles. The first-order valence-electron chi connectivity index (χ1n) is 7.29. The van der Waals surface area contributed by atoms with Crippen LogP contribution in [0.15, 0.2) is 30.5 Å². The van der Waals surface area contributed by atoms with Crippen molar-refractivity contribution in [2.75, 3.05) is 17.2 Å². The summed E-state index contributed by atoms with van der Waals surface area (Å²) in [7, 11) is 0. The lowest BCUT2D eigenvalue weighted by Crippen LogP contribution is -2.31. The number of carbonyl (C=O) groups excluding carboxylic acids is 2. The summed E-state index contributed by atoms with van der Waals surface area (Å²) < 4.78 is 0. The first kappa shape index (κ1) is 17.0. The van der Waals surface area contributed by atoms with Crippen LogP contribution in [0.25, 0.3) is 0 Å². The van der Waals surface area contributed by atoms with Gasteiger partial charge in [-0.1, -0.05) is 13.0 Å². The van der Waals surface area contributed by atoms with Crippen molar-refractivity contribution in [3.05, 3.63) is 40.3 Å². The molecule has 2 rings (SSSR count). The number of carbonyl (C=O) groups is 2. The molecule has 3 N–H and O–H groups in total. The minimum atomic E-state index is -0.287. The molecule has 0 aliphatic heterocycles. The predicted molar refractivity (Wildman–Crippen MR) is 93.0 cm³/mol. The molecule has 3 amide bonds. The van der Waals surface area contributed by atoms with E-state index in [9.17, 15) is 9.59 Å². The Balaban J connectivity index is 1.86. The van der Waals surface area contributed by atoms with Crippen molar-refractivity contribution in [3.63, 3.8) is 0 Å². The second kappa shape index (κ2) is 7.73. The molecule has 0 saturated carbocycles. The number of nitrogens with zero attached hydrogens (tertiary/aromatic N) is 1. The molecular weight excluding hydrogens is 312 g/mol. The van der Waals surface area contributed by atoms with Gasteiger partial charge in [-0.2, -0.15) is 0 Å². The molecule has 0 saturated heterocycles. The summed E-state index contributed by atoms with van der Waals surface area (Å²) >= 11 is 1.64. The van der Waals surface area contributed by atoms with Gasteiger partial charge in [0.1, 0.15) is 0 Å². The highest BCUT2D eigenvalue weighted by Gasteiger charge is 2.11. The number of hydrogen-bond donors (Lipinski definition) is 3. The monoisotopic (exact) mass is 332 g/mol. The zero-order valence-electron chi connectivity index (χ0n) is 13.3. The van der Waals surface area contributed by atoms with Crippen LogP contribution < -0.4 is 16.0 Å². The van der Waals surface area contributed by atoms with E-state index >= 15 is 0 Å². The van der Waals surface area contributed by atoms with Gasteiger partial charge in [-0.25, -0.2) is 9.78 Å². The topological polar surface area (TPSA) is 83.1 Å². The lowest BCUT2D eigenvalue weighted by atomic mass is 10.2. The summed E-state index contributed by atoms with van der Waals surface area (Å²) in [5.41, 5.74) is 1.26. The van der Waals surface area contributed by atoms with Gasteiger partial charge in [0.05, 0.1) is 5.01 Å². The van der Waals surface area contributed by atoms with Crippen LogP contribution in [0.2, 0.25) is 0 Å². The number of aromatic nitrogens is 1. The average molecular weight is 332 g/mol. The van der Waals surface area contributed by atoms with Gasteiger partial charge in [0, 0.05) is 41.8 Å². The van der Waals surface area contributed by atoms with E-state index in [2.05, 4.69) is 20.9 Å². The molecule has 0 aliphatic carbocycles. The van der Waals surface area contributed by atoms with Gasteiger partial charge in [0.25, 0.3) is 0 Å². The van der Waals surface area contributed by atoms with Crippen LogP contribution in [0.1, 0.15) is 29.7 Å². The van der Waals surface area contributed by atoms with Gasteiger partial charge < -0.3 is 16.0 Å². The molecule has 6 nitrogen and oxygen atoms in total. The first-order chi connectivity index (χ1) is 10.9. The van der Waals surface area contributed by atoms with Crippen LogP contribution in [0.5, 0.6) is 0 Å². The van der Waals surface area contributed by atoms with Crippen molar-refractivity contribution in [3.8, 4) is 0 Å². The van der Waals surface area contributed by atoms with E-state index < -0.39 is 0 Å². The smallest absolute Gasteiger partial charge is 0.319 e. The molecule has 122 valence electrons. The van der Waals surface area contributed by atoms with Crippen molar-refractivity contribution in [1.29, 1.82) is 0 Å². The number of urea groups is 1. The summed E-state index contributed by atoms with van der Waals surface area (Å²) in [6.07, 6.45) is 1.84. The largest absolute Gasteiger partial charge is 0.337 e. The van der Waals surface area contributed by atoms with E-state index in [1.165, 1.54) is 6.92 Å². The van der Waals surface area contributed by atoms with Gasteiger partial charge in [-0.15, -0.1) is 11.3 Å². The third-order valence-corrected chi connectivity index (χ3v) is 4.21. The van der Waals surface area contributed by atoms with E-state index in [1.807, 2.05) is 20.0 Å². The molecule has 0 fully saturated rings. The van der Waals surface area contributed by atoms with Crippen molar-refractivity contribution >= 4 is 34.6 Å². The fourth-order valence-electron chi connectivity index (χ4n) is 1.99. The zero-order chi connectivity index (χ0) is 16.8. The van der Waals surface area contributed by atoms with Crippen molar-refractivity contribution in [2.45, 2.75) is 26.7 Å². The number of thiazole rings is 1. The molecule has 0 unspecified atom stereocenters. The highest BCUT2D eigenvalue weighted by atomic mass is 32.1. The number of nitrogens with one attached hydrogen (secondary N) is 3. The number of hydrogen-bond acceptors (Lipinski definition) is 4. The minimum Gasteiger partial charge on any atom is -0.337 e. The third kappa shape index (κ3) is 5.37. The summed E-state index contributed by atoms with van der Waals surface area (Å²) in [4.78, 5) is 28.5. The molecule has 0 aliphatic rings. The van der Waals surface area contributed by atoms with E-state index in [0.717, 1.165) is 9.88 Å². The van der Waals surface area contributed by atoms with Gasteiger partial charge in [-0.05, 0) is 25.1 Å². The van der Waals surface area contributed by atoms with Gasteiger partial charge in [-0.3, -0.25) is 4.79 Å². The number of aryl methyl sites for hydroxylation is 1. The number of rotatable bonds is 5. The Labute approximate surface area is 139 Å². The zero-order valence-corrected chi connectivity index (χ0v) is 14.2. The Hall–Kier alpha value is -2.41. The van der Waals surface area contributed by atoms with E-state index in [4.69, 9.17) is 0 Å². The van der Waals surface area contributed by atoms with Crippen LogP contribution in [0.3, 0.4) is 0 Å². The molecule has 7 heteroatoms. The molecule has 1 aromatic heterocycles. The van der Waals surface area contributed by atoms with E-state index in [1.54, 1.807) is 35.6 Å². The molecule has 0 radical (unpaired) electrons. The highest BCUT2D eigenvalue weighted by Crippen LogP contribution is 2.20. The fraction of sp³-hybridized carbons (Fsp3) is 0.312. The summed E-state index contributed by atoms with van der Waals surface area (Å²) in [6.45, 7) is 5.98. The third-order valence-electron chi connectivity index (χ3n) is 3.07. The fourth-order valence-corrected chi connectivity index (χ4v) is 2.81. The standard InChI is InChI=1S/C16H20N4O2S/c1-10(15-17-9-11(2)23-15)8-18-16(22)20-14-6-4-5-13(7-14)19-12(3)21/h4-7,9-10H,8H2,1-3H3,(H,19,21)(H2,18,20,22)/t10-/m0/s1. The van der Waals surface area contributed by atoms with E-state index in [-0.39, 0.29) is 17.9 Å². The molecule has 23 heavy (non-hydrogen) atoms. The second-order valence-electron chi connectivity index (χ2n) is 5.31. The molecular formula is C16H20N4O2S. The molecule has 0 spiro atoms. The molecule has 0 bridgehead atoms. The predicted octanol–water partition coefficient (Wildman–Crippen LogP) is 3.34. The van der Waals surface area contributed by atoms with Crippen molar-refractivity contribution in [1.82, 2.24) is 10.3 Å². The Morgan fingerprint density at radius 1 is 1.26 bits per heavy atom. The Morgan fingerprint density at radius 2 is 1.96 bits per heavy atom.